The first kappa shape index (κ1) is 17.7. The van der Waals surface area contributed by atoms with Crippen molar-refractivity contribution in [2.75, 3.05) is 23.4 Å². The fourth-order valence-corrected chi connectivity index (χ4v) is 2.88. The number of aryl methyl sites for hydroxylation is 1. The number of anilines is 2. The Labute approximate surface area is 151 Å². The number of hydrogen-bond acceptors (Lipinski definition) is 4. The van der Waals surface area contributed by atoms with Crippen molar-refractivity contribution in [3.63, 3.8) is 0 Å². The molecular formula is C20H20N2O4. The summed E-state index contributed by atoms with van der Waals surface area (Å²) in [7, 11) is 0. The number of ether oxygens (including phenoxy) is 1. The smallest absolute Gasteiger partial charge is 0.311 e. The zero-order chi connectivity index (χ0) is 18.5. The molecular weight excluding hydrogens is 332 g/mol. The van der Waals surface area contributed by atoms with Gasteiger partial charge in [0.25, 0.3) is 5.91 Å². The van der Waals surface area contributed by atoms with Gasteiger partial charge in [0.1, 0.15) is 0 Å². The second-order valence-corrected chi connectivity index (χ2v) is 6.21. The molecule has 2 amide bonds. The molecule has 6 heteroatoms. The van der Waals surface area contributed by atoms with E-state index in [2.05, 4.69) is 5.32 Å². The van der Waals surface area contributed by atoms with Gasteiger partial charge in [0, 0.05) is 24.3 Å². The highest BCUT2D eigenvalue weighted by Gasteiger charge is 2.36. The fraction of sp³-hybridized carbons (Fsp3) is 0.250. The van der Waals surface area contributed by atoms with E-state index in [1.807, 2.05) is 55.5 Å². The summed E-state index contributed by atoms with van der Waals surface area (Å²) >= 11 is 0. The van der Waals surface area contributed by atoms with Gasteiger partial charge in [-0.3, -0.25) is 14.4 Å². The van der Waals surface area contributed by atoms with Gasteiger partial charge in [0.15, 0.2) is 6.61 Å². The van der Waals surface area contributed by atoms with Gasteiger partial charge in [0.05, 0.1) is 5.92 Å². The number of carbonyl (C=O) groups is 3. The lowest BCUT2D eigenvalue weighted by atomic mass is 10.1. The van der Waals surface area contributed by atoms with Crippen LogP contribution in [0.2, 0.25) is 0 Å². The maximum absolute atomic E-state index is 12.2. The third kappa shape index (κ3) is 4.08. The number of nitrogens with one attached hydrogen (secondary N) is 1. The minimum absolute atomic E-state index is 0.0904. The lowest BCUT2D eigenvalue weighted by Gasteiger charge is -2.16. The van der Waals surface area contributed by atoms with Gasteiger partial charge in [-0.15, -0.1) is 0 Å². The molecule has 26 heavy (non-hydrogen) atoms. The number of para-hydroxylation sites is 2. The molecule has 1 fully saturated rings. The number of benzene rings is 2. The second kappa shape index (κ2) is 7.82. The summed E-state index contributed by atoms with van der Waals surface area (Å²) < 4.78 is 5.10. The van der Waals surface area contributed by atoms with Crippen LogP contribution in [-0.4, -0.2) is 30.9 Å². The van der Waals surface area contributed by atoms with Crippen LogP contribution in [0.5, 0.6) is 0 Å². The Hall–Kier alpha value is -3.15. The molecule has 0 radical (unpaired) electrons. The van der Waals surface area contributed by atoms with Crippen molar-refractivity contribution < 1.29 is 19.1 Å². The van der Waals surface area contributed by atoms with Gasteiger partial charge in [-0.2, -0.15) is 0 Å². The molecule has 1 aliphatic heterocycles. The van der Waals surface area contributed by atoms with E-state index in [4.69, 9.17) is 4.74 Å². The number of hydrogen-bond donors (Lipinski definition) is 1. The van der Waals surface area contributed by atoms with Gasteiger partial charge in [-0.05, 0) is 30.7 Å². The van der Waals surface area contributed by atoms with Crippen LogP contribution in [0.4, 0.5) is 11.4 Å². The summed E-state index contributed by atoms with van der Waals surface area (Å²) in [6.45, 7) is 1.77. The largest absolute Gasteiger partial charge is 0.455 e. The number of rotatable bonds is 5. The highest BCUT2D eigenvalue weighted by Crippen LogP contribution is 2.25. The standard InChI is InChI=1S/C20H20N2O4/c1-14-7-5-6-10-17(14)21-18(23)13-26-20(25)15-11-19(24)22(12-15)16-8-3-2-4-9-16/h2-10,15H,11-13H2,1H3,(H,21,23). The van der Waals surface area contributed by atoms with E-state index in [1.54, 1.807) is 11.0 Å². The molecule has 3 rings (SSSR count). The quantitative estimate of drug-likeness (QED) is 0.839. The Kier molecular flexibility index (Phi) is 5.31. The first-order valence-electron chi connectivity index (χ1n) is 8.42. The zero-order valence-corrected chi connectivity index (χ0v) is 14.5. The average Bonchev–Trinajstić information content (AvgIpc) is 3.04. The van der Waals surface area contributed by atoms with E-state index >= 15 is 0 Å². The van der Waals surface area contributed by atoms with Crippen LogP contribution >= 0.6 is 0 Å². The first-order chi connectivity index (χ1) is 12.5. The molecule has 0 aliphatic carbocycles. The average molecular weight is 352 g/mol. The second-order valence-electron chi connectivity index (χ2n) is 6.21. The van der Waals surface area contributed by atoms with Crippen molar-refractivity contribution in [2.24, 2.45) is 5.92 Å². The topological polar surface area (TPSA) is 75.7 Å². The van der Waals surface area contributed by atoms with Gasteiger partial charge < -0.3 is 15.0 Å². The summed E-state index contributed by atoms with van der Waals surface area (Å²) in [5.74, 6) is -1.62. The van der Waals surface area contributed by atoms with Gasteiger partial charge >= 0.3 is 5.97 Å². The molecule has 2 aromatic carbocycles. The monoisotopic (exact) mass is 352 g/mol. The third-order valence-electron chi connectivity index (χ3n) is 4.29. The number of esters is 1. The van der Waals surface area contributed by atoms with E-state index in [9.17, 15) is 14.4 Å². The lowest BCUT2D eigenvalue weighted by Crippen LogP contribution is -2.28. The molecule has 1 heterocycles. The number of amides is 2. The molecule has 6 nitrogen and oxygen atoms in total. The Morgan fingerprint density at radius 2 is 1.81 bits per heavy atom. The summed E-state index contributed by atoms with van der Waals surface area (Å²) in [5, 5.41) is 2.71. The summed E-state index contributed by atoms with van der Waals surface area (Å²) in [6.07, 6.45) is 0.0904. The number of carbonyl (C=O) groups excluding carboxylic acids is 3. The minimum atomic E-state index is -0.561. The summed E-state index contributed by atoms with van der Waals surface area (Å²) in [4.78, 5) is 37.9. The molecule has 1 atom stereocenters. The van der Waals surface area contributed by atoms with E-state index in [0.717, 1.165) is 11.3 Å². The molecule has 0 bridgehead atoms. The lowest BCUT2D eigenvalue weighted by molar-refractivity contribution is -0.151. The molecule has 1 aliphatic rings. The molecule has 0 saturated carbocycles. The van der Waals surface area contributed by atoms with Crippen LogP contribution < -0.4 is 10.2 Å². The fourth-order valence-electron chi connectivity index (χ4n) is 2.88. The molecule has 2 aromatic rings. The predicted octanol–water partition coefficient (Wildman–Crippen LogP) is 2.53. The highest BCUT2D eigenvalue weighted by molar-refractivity contribution is 6.00. The van der Waals surface area contributed by atoms with E-state index < -0.39 is 17.8 Å². The van der Waals surface area contributed by atoms with E-state index in [-0.39, 0.29) is 25.5 Å². The van der Waals surface area contributed by atoms with Crippen molar-refractivity contribution in [3.8, 4) is 0 Å². The summed E-state index contributed by atoms with van der Waals surface area (Å²) in [6, 6.07) is 16.5. The van der Waals surface area contributed by atoms with Crippen LogP contribution in [0.3, 0.4) is 0 Å². The Morgan fingerprint density at radius 1 is 1.12 bits per heavy atom. The van der Waals surface area contributed by atoms with Crippen LogP contribution in [0.25, 0.3) is 0 Å². The normalized spacial score (nSPS) is 16.4. The van der Waals surface area contributed by atoms with Crippen molar-refractivity contribution >= 4 is 29.2 Å². The Morgan fingerprint density at radius 3 is 2.54 bits per heavy atom. The molecule has 1 unspecified atom stereocenters. The minimum Gasteiger partial charge on any atom is -0.455 e. The Balaban J connectivity index is 1.52. The van der Waals surface area contributed by atoms with Gasteiger partial charge in [-0.1, -0.05) is 36.4 Å². The van der Waals surface area contributed by atoms with Crippen molar-refractivity contribution in [2.45, 2.75) is 13.3 Å². The van der Waals surface area contributed by atoms with Crippen LogP contribution in [0, 0.1) is 12.8 Å². The first-order valence-corrected chi connectivity index (χ1v) is 8.42. The van der Waals surface area contributed by atoms with Crippen molar-refractivity contribution in [1.82, 2.24) is 0 Å². The van der Waals surface area contributed by atoms with Crippen LogP contribution in [-0.2, 0) is 19.1 Å². The van der Waals surface area contributed by atoms with E-state index in [1.165, 1.54) is 0 Å². The molecule has 0 aromatic heterocycles. The maximum Gasteiger partial charge on any atom is 0.311 e. The molecule has 134 valence electrons. The third-order valence-corrected chi connectivity index (χ3v) is 4.29. The molecule has 1 N–H and O–H groups in total. The maximum atomic E-state index is 12.2. The molecule has 1 saturated heterocycles. The van der Waals surface area contributed by atoms with Crippen LogP contribution in [0.15, 0.2) is 54.6 Å². The SMILES string of the molecule is Cc1ccccc1NC(=O)COC(=O)C1CC(=O)N(c2ccccc2)C1. The summed E-state index contributed by atoms with van der Waals surface area (Å²) in [5.41, 5.74) is 2.36. The zero-order valence-electron chi connectivity index (χ0n) is 14.5. The predicted molar refractivity (Wildman–Crippen MR) is 97.7 cm³/mol. The van der Waals surface area contributed by atoms with Gasteiger partial charge in [-0.25, -0.2) is 0 Å². The van der Waals surface area contributed by atoms with E-state index in [0.29, 0.717) is 5.69 Å². The highest BCUT2D eigenvalue weighted by atomic mass is 16.5. The van der Waals surface area contributed by atoms with Crippen LogP contribution in [0.1, 0.15) is 12.0 Å². The number of nitrogens with zero attached hydrogens (tertiary/aromatic N) is 1. The van der Waals surface area contributed by atoms with Crippen molar-refractivity contribution in [3.05, 3.63) is 60.2 Å². The Bertz CT molecular complexity index is 820. The van der Waals surface area contributed by atoms with Crippen molar-refractivity contribution in [1.29, 1.82) is 0 Å². The molecule has 0 spiro atoms. The van der Waals surface area contributed by atoms with Gasteiger partial charge in [0.2, 0.25) is 5.91 Å².